The second-order valence-electron chi connectivity index (χ2n) is 6.86. The summed E-state index contributed by atoms with van der Waals surface area (Å²) < 4.78 is 28.9. The van der Waals surface area contributed by atoms with E-state index in [1.165, 1.54) is 17.8 Å². The molecule has 0 aliphatic heterocycles. The van der Waals surface area contributed by atoms with Gasteiger partial charge in [-0.15, -0.1) is 11.8 Å². The maximum Gasteiger partial charge on any atom is 0.326 e. The third-order valence-corrected chi connectivity index (χ3v) is 5.94. The fourth-order valence-electron chi connectivity index (χ4n) is 3.41. The Bertz CT molecular complexity index is 1310. The highest BCUT2D eigenvalue weighted by atomic mass is 32.2. The normalized spacial score (nSPS) is 11.2. The van der Waals surface area contributed by atoms with Crippen LogP contribution in [0.4, 0.5) is 8.78 Å². The molecule has 0 amide bonds. The van der Waals surface area contributed by atoms with Gasteiger partial charge in [0.1, 0.15) is 11.1 Å². The van der Waals surface area contributed by atoms with Crippen LogP contribution < -0.4 is 5.69 Å². The summed E-state index contributed by atoms with van der Waals surface area (Å²) in [5.41, 5.74) is 2.11. The number of alkyl halides is 2. The number of hydrogen-bond donors (Lipinski definition) is 1. The van der Waals surface area contributed by atoms with Gasteiger partial charge in [-0.05, 0) is 24.6 Å². The molecule has 0 spiro atoms. The van der Waals surface area contributed by atoms with Gasteiger partial charge in [0, 0.05) is 23.4 Å². The average Bonchev–Trinajstić information content (AvgIpc) is 3.11. The molecule has 0 radical (unpaired) electrons. The lowest BCUT2D eigenvalue weighted by atomic mass is 10.1. The smallest absolute Gasteiger partial charge is 0.306 e. The summed E-state index contributed by atoms with van der Waals surface area (Å²) in [6, 6.07) is 19.6. The molecular formula is C23H18F2N4OS. The number of thioether (sulfide) groups is 1. The van der Waals surface area contributed by atoms with Crippen LogP contribution in [0.2, 0.25) is 0 Å². The summed E-state index contributed by atoms with van der Waals surface area (Å²) in [6.07, 6.45) is -2.16. The van der Waals surface area contributed by atoms with Gasteiger partial charge < -0.3 is 4.98 Å². The molecule has 0 fully saturated rings. The monoisotopic (exact) mass is 436 g/mol. The SMILES string of the molecule is N#Cc1c(C(F)F)cc(-c2ccccc2)nc1SCCCn1c(=O)[nH]c2ccccc21. The molecule has 0 unspecified atom stereocenters. The Hall–Kier alpha value is -3.44. The van der Waals surface area contributed by atoms with Crippen molar-refractivity contribution in [3.8, 4) is 17.3 Å². The summed E-state index contributed by atoms with van der Waals surface area (Å²) >= 11 is 1.25. The fraction of sp³-hybridized carbons (Fsp3) is 0.174. The van der Waals surface area contributed by atoms with Crippen molar-refractivity contribution >= 4 is 22.8 Å². The van der Waals surface area contributed by atoms with E-state index < -0.39 is 6.43 Å². The van der Waals surface area contributed by atoms with Crippen LogP contribution in [0.5, 0.6) is 0 Å². The number of aryl methyl sites for hydroxylation is 1. The lowest BCUT2D eigenvalue weighted by Gasteiger charge is -2.12. The number of aromatic amines is 1. The Kier molecular flexibility index (Phi) is 6.14. The van der Waals surface area contributed by atoms with Crippen molar-refractivity contribution in [1.82, 2.24) is 14.5 Å². The Morgan fingerprint density at radius 2 is 1.87 bits per heavy atom. The number of pyridine rings is 1. The molecule has 0 saturated carbocycles. The molecule has 0 bridgehead atoms. The van der Waals surface area contributed by atoms with Crippen molar-refractivity contribution in [3.05, 3.63) is 82.3 Å². The van der Waals surface area contributed by atoms with Crippen LogP contribution in [0.15, 0.2) is 70.5 Å². The number of hydrogen-bond acceptors (Lipinski definition) is 4. The summed E-state index contributed by atoms with van der Waals surface area (Å²) in [5.74, 6) is 0.522. The number of para-hydroxylation sites is 2. The zero-order valence-electron chi connectivity index (χ0n) is 16.4. The second-order valence-corrected chi connectivity index (χ2v) is 7.94. The first-order chi connectivity index (χ1) is 15.1. The molecule has 4 aromatic rings. The van der Waals surface area contributed by atoms with Crippen molar-refractivity contribution in [2.45, 2.75) is 24.4 Å². The number of nitrogens with one attached hydrogen (secondary N) is 1. The predicted octanol–water partition coefficient (Wildman–Crippen LogP) is 5.38. The largest absolute Gasteiger partial charge is 0.326 e. The van der Waals surface area contributed by atoms with E-state index in [2.05, 4.69) is 9.97 Å². The molecule has 1 N–H and O–H groups in total. The number of rotatable bonds is 7. The molecule has 0 atom stereocenters. The number of nitrogens with zero attached hydrogens (tertiary/aromatic N) is 3. The number of fused-ring (bicyclic) bond motifs is 1. The standard InChI is InChI=1S/C23H18F2N4OS/c24-21(25)16-13-19(15-7-2-1-3-8-15)27-22(17(16)14-26)31-12-6-11-29-20-10-5-4-9-18(20)28-23(29)30/h1-5,7-10,13,21H,6,11-12H2,(H,28,30). The molecular weight excluding hydrogens is 418 g/mol. The lowest BCUT2D eigenvalue weighted by molar-refractivity contribution is 0.150. The van der Waals surface area contributed by atoms with Crippen LogP contribution in [-0.2, 0) is 6.54 Å². The minimum absolute atomic E-state index is 0.0936. The summed E-state index contributed by atoms with van der Waals surface area (Å²) in [5, 5.41) is 9.77. The highest BCUT2D eigenvalue weighted by Crippen LogP contribution is 2.33. The van der Waals surface area contributed by atoms with Gasteiger partial charge in [0.15, 0.2) is 0 Å². The number of halogens is 2. The van der Waals surface area contributed by atoms with E-state index in [1.807, 2.05) is 48.5 Å². The molecule has 5 nitrogen and oxygen atoms in total. The summed E-state index contributed by atoms with van der Waals surface area (Å²) in [7, 11) is 0. The molecule has 2 aromatic carbocycles. The van der Waals surface area contributed by atoms with E-state index in [4.69, 9.17) is 0 Å². The zero-order chi connectivity index (χ0) is 21.8. The Morgan fingerprint density at radius 1 is 1.13 bits per heavy atom. The third kappa shape index (κ3) is 4.37. The topological polar surface area (TPSA) is 74.5 Å². The van der Waals surface area contributed by atoms with E-state index >= 15 is 0 Å². The number of imidazole rings is 1. The first-order valence-corrected chi connectivity index (χ1v) is 10.7. The summed E-state index contributed by atoms with van der Waals surface area (Å²) in [4.78, 5) is 19.5. The molecule has 156 valence electrons. The molecule has 0 aliphatic rings. The number of nitriles is 1. The maximum absolute atomic E-state index is 13.6. The van der Waals surface area contributed by atoms with E-state index in [0.717, 1.165) is 11.0 Å². The lowest BCUT2D eigenvalue weighted by Crippen LogP contribution is -2.17. The quantitative estimate of drug-likeness (QED) is 0.312. The van der Waals surface area contributed by atoms with Gasteiger partial charge in [-0.2, -0.15) is 5.26 Å². The number of aromatic nitrogens is 3. The van der Waals surface area contributed by atoms with Crippen LogP contribution in [0.3, 0.4) is 0 Å². The van der Waals surface area contributed by atoms with Crippen LogP contribution in [0, 0.1) is 11.3 Å². The first kappa shape index (κ1) is 20.8. The van der Waals surface area contributed by atoms with Crippen LogP contribution >= 0.6 is 11.8 Å². The van der Waals surface area contributed by atoms with Gasteiger partial charge in [-0.25, -0.2) is 18.6 Å². The minimum atomic E-state index is -2.77. The van der Waals surface area contributed by atoms with Crippen LogP contribution in [0.25, 0.3) is 22.3 Å². The highest BCUT2D eigenvalue weighted by Gasteiger charge is 2.20. The van der Waals surface area contributed by atoms with E-state index in [0.29, 0.717) is 30.0 Å². The Labute approximate surface area is 181 Å². The second kappa shape index (κ2) is 9.14. The predicted molar refractivity (Wildman–Crippen MR) is 117 cm³/mol. The fourth-order valence-corrected chi connectivity index (χ4v) is 4.34. The van der Waals surface area contributed by atoms with Gasteiger partial charge in [0.05, 0.1) is 22.3 Å². The molecule has 31 heavy (non-hydrogen) atoms. The first-order valence-electron chi connectivity index (χ1n) is 9.67. The molecule has 0 aliphatic carbocycles. The van der Waals surface area contributed by atoms with Crippen molar-refractivity contribution in [2.24, 2.45) is 0 Å². The Balaban J connectivity index is 1.56. The van der Waals surface area contributed by atoms with Crippen LogP contribution in [0.1, 0.15) is 24.0 Å². The highest BCUT2D eigenvalue weighted by molar-refractivity contribution is 7.99. The van der Waals surface area contributed by atoms with Crippen molar-refractivity contribution in [3.63, 3.8) is 0 Å². The van der Waals surface area contributed by atoms with Gasteiger partial charge in [-0.1, -0.05) is 42.5 Å². The molecule has 2 heterocycles. The third-order valence-electron chi connectivity index (χ3n) is 4.88. The van der Waals surface area contributed by atoms with Gasteiger partial charge >= 0.3 is 5.69 Å². The van der Waals surface area contributed by atoms with E-state index in [-0.39, 0.29) is 21.8 Å². The maximum atomic E-state index is 13.6. The molecule has 2 aromatic heterocycles. The van der Waals surface area contributed by atoms with Gasteiger partial charge in [0.25, 0.3) is 6.43 Å². The Morgan fingerprint density at radius 3 is 2.61 bits per heavy atom. The van der Waals surface area contributed by atoms with Gasteiger partial charge in [-0.3, -0.25) is 4.57 Å². The van der Waals surface area contributed by atoms with Gasteiger partial charge in [0.2, 0.25) is 0 Å². The van der Waals surface area contributed by atoms with Crippen LogP contribution in [-0.4, -0.2) is 20.3 Å². The van der Waals surface area contributed by atoms with Crippen molar-refractivity contribution in [1.29, 1.82) is 5.26 Å². The summed E-state index contributed by atoms with van der Waals surface area (Å²) in [6.45, 7) is 0.470. The number of benzene rings is 2. The zero-order valence-corrected chi connectivity index (χ0v) is 17.2. The minimum Gasteiger partial charge on any atom is -0.306 e. The molecule has 0 saturated heterocycles. The van der Waals surface area contributed by atoms with E-state index in [9.17, 15) is 18.8 Å². The average molecular weight is 436 g/mol. The van der Waals surface area contributed by atoms with E-state index in [1.54, 1.807) is 16.7 Å². The van der Waals surface area contributed by atoms with Crippen molar-refractivity contribution in [2.75, 3.05) is 5.75 Å². The molecule has 4 rings (SSSR count). The van der Waals surface area contributed by atoms with Crippen molar-refractivity contribution < 1.29 is 8.78 Å². The number of H-pyrrole nitrogens is 1. The molecule has 8 heteroatoms.